The number of para-hydroxylation sites is 1. The predicted octanol–water partition coefficient (Wildman–Crippen LogP) is 6.26. The van der Waals surface area contributed by atoms with Gasteiger partial charge in [-0.15, -0.1) is 11.8 Å². The van der Waals surface area contributed by atoms with E-state index >= 15 is 0 Å². The number of hydrogen-bond donors (Lipinski definition) is 0. The Morgan fingerprint density at radius 2 is 1.68 bits per heavy atom. The highest BCUT2D eigenvalue weighted by Gasteiger charge is 2.61. The zero-order valence-corrected chi connectivity index (χ0v) is 20.8. The van der Waals surface area contributed by atoms with Gasteiger partial charge in [0.2, 0.25) is 10.8 Å². The average Bonchev–Trinajstić information content (AvgIpc) is 3.31. The van der Waals surface area contributed by atoms with Crippen LogP contribution in [0.5, 0.6) is 5.75 Å². The molecule has 3 aromatic rings. The van der Waals surface area contributed by atoms with Crippen molar-refractivity contribution in [3.63, 3.8) is 0 Å². The third kappa shape index (κ3) is 3.65. The minimum atomic E-state index is -1.19. The third-order valence-corrected chi connectivity index (χ3v) is 8.10. The van der Waals surface area contributed by atoms with Crippen LogP contribution in [0.1, 0.15) is 24.5 Å². The Morgan fingerprint density at radius 3 is 2.38 bits per heavy atom. The minimum absolute atomic E-state index is 0.118. The first-order valence-electron chi connectivity index (χ1n) is 11.0. The summed E-state index contributed by atoms with van der Waals surface area (Å²) >= 11 is 14.2. The Bertz CT molecular complexity index is 1250. The Balaban J connectivity index is 1.58. The van der Waals surface area contributed by atoms with Gasteiger partial charge in [0.1, 0.15) is 5.75 Å². The summed E-state index contributed by atoms with van der Waals surface area (Å²) in [5, 5.41) is 0.988. The van der Waals surface area contributed by atoms with Crippen LogP contribution < -0.4 is 14.5 Å². The molecule has 5 nitrogen and oxygen atoms in total. The van der Waals surface area contributed by atoms with E-state index in [4.69, 9.17) is 27.9 Å². The molecule has 1 spiro atoms. The van der Waals surface area contributed by atoms with Crippen molar-refractivity contribution < 1.29 is 14.3 Å². The monoisotopic (exact) mass is 512 g/mol. The molecule has 8 heteroatoms. The summed E-state index contributed by atoms with van der Waals surface area (Å²) in [5.41, 5.74) is 2.85. The van der Waals surface area contributed by atoms with Gasteiger partial charge in [0, 0.05) is 26.9 Å². The number of thioether (sulfide) groups is 1. The van der Waals surface area contributed by atoms with Crippen LogP contribution in [0.2, 0.25) is 10.0 Å². The van der Waals surface area contributed by atoms with E-state index in [2.05, 4.69) is 0 Å². The molecule has 1 saturated heterocycles. The molecule has 1 atom stereocenters. The van der Waals surface area contributed by atoms with E-state index in [1.807, 2.05) is 55.5 Å². The van der Waals surface area contributed by atoms with Crippen LogP contribution >= 0.6 is 35.0 Å². The normalized spacial score (nSPS) is 19.3. The van der Waals surface area contributed by atoms with E-state index in [1.165, 1.54) is 11.8 Å². The highest BCUT2D eigenvalue weighted by atomic mass is 35.5. The molecule has 0 aliphatic carbocycles. The highest BCUT2D eigenvalue weighted by molar-refractivity contribution is 8.02. The van der Waals surface area contributed by atoms with Crippen LogP contribution in [0.4, 0.5) is 11.4 Å². The van der Waals surface area contributed by atoms with Crippen molar-refractivity contribution in [2.75, 3.05) is 22.2 Å². The number of halogens is 2. The molecule has 5 rings (SSSR count). The van der Waals surface area contributed by atoms with Crippen molar-refractivity contribution in [1.82, 2.24) is 0 Å². The van der Waals surface area contributed by atoms with Crippen molar-refractivity contribution in [2.24, 2.45) is 0 Å². The standard InChI is InChI=1S/C26H22Cl2N2O3S/c1-2-14-33-18-12-10-17(11-13-18)30-24(31)16-34-26(30)20-6-3-4-9-23(20)29(25(26)32)15-19-21(27)7-5-8-22(19)28/h3-13H,2,14-16H2,1H3. The van der Waals surface area contributed by atoms with E-state index in [1.54, 1.807) is 28.0 Å². The largest absolute Gasteiger partial charge is 0.494 e. The second kappa shape index (κ2) is 9.17. The van der Waals surface area contributed by atoms with Crippen molar-refractivity contribution >= 4 is 58.2 Å². The highest BCUT2D eigenvalue weighted by Crippen LogP contribution is 2.56. The molecule has 2 aliphatic rings. The van der Waals surface area contributed by atoms with Crippen molar-refractivity contribution in [1.29, 1.82) is 0 Å². The molecular weight excluding hydrogens is 491 g/mol. The number of fused-ring (bicyclic) bond motifs is 2. The van der Waals surface area contributed by atoms with E-state index in [-0.39, 0.29) is 24.1 Å². The summed E-state index contributed by atoms with van der Waals surface area (Å²) in [6.45, 7) is 2.87. The predicted molar refractivity (Wildman–Crippen MR) is 138 cm³/mol. The van der Waals surface area contributed by atoms with Gasteiger partial charge in [-0.1, -0.05) is 54.4 Å². The maximum absolute atomic E-state index is 14.2. The molecule has 2 aliphatic heterocycles. The van der Waals surface area contributed by atoms with Gasteiger partial charge in [-0.3, -0.25) is 14.5 Å². The smallest absolute Gasteiger partial charge is 0.269 e. The molecule has 1 unspecified atom stereocenters. The fourth-order valence-electron chi connectivity index (χ4n) is 4.47. The molecule has 0 radical (unpaired) electrons. The second-order valence-corrected chi connectivity index (χ2v) is 10.1. The summed E-state index contributed by atoms with van der Waals surface area (Å²) in [4.78, 5) is 29.4. The maximum atomic E-state index is 14.2. The van der Waals surface area contributed by atoms with Gasteiger partial charge in [0.15, 0.2) is 0 Å². The molecule has 34 heavy (non-hydrogen) atoms. The summed E-state index contributed by atoms with van der Waals surface area (Å²) in [6.07, 6.45) is 0.905. The second-order valence-electron chi connectivity index (χ2n) is 8.11. The quantitative estimate of drug-likeness (QED) is 0.390. The Morgan fingerprint density at radius 1 is 0.971 bits per heavy atom. The fraction of sp³-hybridized carbons (Fsp3) is 0.231. The molecule has 0 N–H and O–H groups in total. The lowest BCUT2D eigenvalue weighted by molar-refractivity contribution is -0.123. The first kappa shape index (κ1) is 23.1. The van der Waals surface area contributed by atoms with Gasteiger partial charge < -0.3 is 9.64 Å². The number of carbonyl (C=O) groups is 2. The number of hydrogen-bond acceptors (Lipinski definition) is 4. The van der Waals surface area contributed by atoms with Crippen molar-refractivity contribution in [3.05, 3.63) is 87.9 Å². The number of rotatable bonds is 6. The van der Waals surface area contributed by atoms with Crippen molar-refractivity contribution in [3.8, 4) is 5.75 Å². The Kier molecular flexibility index (Phi) is 6.23. The van der Waals surface area contributed by atoms with Gasteiger partial charge in [0.25, 0.3) is 5.91 Å². The van der Waals surface area contributed by atoms with Gasteiger partial charge in [0.05, 0.1) is 24.6 Å². The van der Waals surface area contributed by atoms with Crippen LogP contribution in [-0.4, -0.2) is 24.2 Å². The number of nitrogens with zero attached hydrogens (tertiary/aromatic N) is 2. The molecular formula is C26H22Cl2N2O3S. The van der Waals surface area contributed by atoms with Crippen LogP contribution in [0, 0.1) is 0 Å². The molecule has 2 amide bonds. The lowest BCUT2D eigenvalue weighted by atomic mass is 10.0. The Labute approximate surface area is 212 Å². The van der Waals surface area contributed by atoms with Crippen LogP contribution in [0.15, 0.2) is 66.7 Å². The van der Waals surface area contributed by atoms with Gasteiger partial charge in [-0.2, -0.15) is 0 Å². The molecule has 174 valence electrons. The summed E-state index contributed by atoms with van der Waals surface area (Å²) in [6, 6.07) is 20.2. The molecule has 2 heterocycles. The van der Waals surface area contributed by atoms with Crippen LogP contribution in [0.25, 0.3) is 0 Å². The number of benzene rings is 3. The third-order valence-electron chi connectivity index (χ3n) is 6.01. The van der Waals surface area contributed by atoms with E-state index in [9.17, 15) is 9.59 Å². The number of carbonyl (C=O) groups excluding carboxylic acids is 2. The lowest BCUT2D eigenvalue weighted by Crippen LogP contribution is -2.49. The van der Waals surface area contributed by atoms with Crippen LogP contribution in [0.3, 0.4) is 0 Å². The van der Waals surface area contributed by atoms with Gasteiger partial charge in [-0.05, 0) is 48.9 Å². The SMILES string of the molecule is CCCOc1ccc(N2C(=O)CSC23C(=O)N(Cc2c(Cl)cccc2Cl)c2ccccc23)cc1. The van der Waals surface area contributed by atoms with Crippen LogP contribution in [-0.2, 0) is 21.0 Å². The Hall–Kier alpha value is -2.67. The molecule has 0 aromatic heterocycles. The zero-order valence-electron chi connectivity index (χ0n) is 18.5. The van der Waals surface area contributed by atoms with E-state index in [0.29, 0.717) is 27.9 Å². The van der Waals surface area contributed by atoms with E-state index in [0.717, 1.165) is 23.4 Å². The zero-order chi connectivity index (χ0) is 23.9. The van der Waals surface area contributed by atoms with E-state index < -0.39 is 4.87 Å². The average molecular weight is 513 g/mol. The summed E-state index contributed by atoms with van der Waals surface area (Å²) < 4.78 is 5.69. The number of ether oxygens (including phenoxy) is 1. The van der Waals surface area contributed by atoms with Gasteiger partial charge >= 0.3 is 0 Å². The number of amides is 2. The molecule has 0 saturated carbocycles. The molecule has 3 aromatic carbocycles. The molecule has 0 bridgehead atoms. The number of anilines is 2. The summed E-state index contributed by atoms with van der Waals surface area (Å²) in [7, 11) is 0. The topological polar surface area (TPSA) is 49.9 Å². The lowest BCUT2D eigenvalue weighted by Gasteiger charge is -2.33. The molecule has 1 fully saturated rings. The first-order chi connectivity index (χ1) is 16.5. The fourth-order valence-corrected chi connectivity index (χ4v) is 6.34. The summed E-state index contributed by atoms with van der Waals surface area (Å²) in [5.74, 6) is 0.626. The maximum Gasteiger partial charge on any atom is 0.269 e. The van der Waals surface area contributed by atoms with Crippen molar-refractivity contribution in [2.45, 2.75) is 24.8 Å². The van der Waals surface area contributed by atoms with Gasteiger partial charge in [-0.25, -0.2) is 0 Å². The first-order valence-corrected chi connectivity index (χ1v) is 12.8. The minimum Gasteiger partial charge on any atom is -0.494 e.